The van der Waals surface area contributed by atoms with E-state index in [1.165, 1.54) is 16.7 Å². The number of hydrogen-bond acceptors (Lipinski definition) is 2. The van der Waals surface area contributed by atoms with Gasteiger partial charge in [-0.1, -0.05) is 6.07 Å². The number of rotatable bonds is 4. The molecule has 112 valence electrons. The molecule has 0 spiro atoms. The number of quaternary nitrogens is 1. The van der Waals surface area contributed by atoms with Crippen molar-refractivity contribution in [3.05, 3.63) is 28.8 Å². The molecule has 0 bridgehead atoms. The lowest BCUT2D eigenvalue weighted by Gasteiger charge is -2.32. The van der Waals surface area contributed by atoms with Gasteiger partial charge >= 0.3 is 0 Å². The molecule has 1 aromatic rings. The molecule has 2 atom stereocenters. The molecule has 0 aromatic heterocycles. The fourth-order valence-corrected chi connectivity index (χ4v) is 3.05. The van der Waals surface area contributed by atoms with Gasteiger partial charge in [-0.2, -0.15) is 0 Å². The fraction of sp³-hybridized carbons (Fsp3) is 0.647. The molecule has 1 aromatic carbocycles. The fourth-order valence-electron chi connectivity index (χ4n) is 3.05. The monoisotopic (exact) mass is 278 g/mol. The van der Waals surface area contributed by atoms with Crippen molar-refractivity contribution >= 4 is 0 Å². The molecule has 0 amide bonds. The van der Waals surface area contributed by atoms with Crippen LogP contribution in [0.2, 0.25) is 0 Å². The molecule has 20 heavy (non-hydrogen) atoms. The minimum absolute atomic E-state index is 0.358. The zero-order chi connectivity index (χ0) is 14.7. The van der Waals surface area contributed by atoms with Crippen molar-refractivity contribution in [3.63, 3.8) is 0 Å². The van der Waals surface area contributed by atoms with Crippen LogP contribution in [0.15, 0.2) is 12.1 Å². The van der Waals surface area contributed by atoms with E-state index in [-0.39, 0.29) is 0 Å². The van der Waals surface area contributed by atoms with E-state index in [0.29, 0.717) is 12.2 Å². The van der Waals surface area contributed by atoms with Crippen LogP contribution in [0.5, 0.6) is 5.75 Å². The van der Waals surface area contributed by atoms with Crippen molar-refractivity contribution in [2.45, 2.75) is 46.8 Å². The van der Waals surface area contributed by atoms with Gasteiger partial charge in [-0.05, 0) is 57.4 Å². The van der Waals surface area contributed by atoms with Crippen LogP contribution in [0.25, 0.3) is 0 Å². The number of morpholine rings is 1. The van der Waals surface area contributed by atoms with Crippen LogP contribution < -0.4 is 9.64 Å². The largest absolute Gasteiger partial charge is 0.487 e. The Morgan fingerprint density at radius 3 is 2.45 bits per heavy atom. The minimum atomic E-state index is 0.358. The molecule has 1 aliphatic rings. The van der Waals surface area contributed by atoms with Crippen molar-refractivity contribution < 1.29 is 14.4 Å². The van der Waals surface area contributed by atoms with E-state index in [4.69, 9.17) is 9.47 Å². The van der Waals surface area contributed by atoms with Crippen LogP contribution >= 0.6 is 0 Å². The van der Waals surface area contributed by atoms with Crippen molar-refractivity contribution in [1.29, 1.82) is 0 Å². The molecule has 0 saturated carbocycles. The van der Waals surface area contributed by atoms with E-state index in [0.717, 1.165) is 32.0 Å². The van der Waals surface area contributed by atoms with E-state index >= 15 is 0 Å². The molecule has 0 radical (unpaired) electrons. The van der Waals surface area contributed by atoms with Gasteiger partial charge < -0.3 is 14.4 Å². The number of nitrogens with one attached hydrogen (secondary N) is 1. The molecule has 1 fully saturated rings. The Hall–Kier alpha value is -1.06. The van der Waals surface area contributed by atoms with E-state index in [2.05, 4.69) is 46.8 Å². The predicted octanol–water partition coefficient (Wildman–Crippen LogP) is 1.68. The molecule has 1 N–H and O–H groups in total. The van der Waals surface area contributed by atoms with E-state index in [9.17, 15) is 0 Å². The van der Waals surface area contributed by atoms with Crippen LogP contribution in [0, 0.1) is 20.8 Å². The maximum absolute atomic E-state index is 6.01. The number of hydrogen-bond donors (Lipinski definition) is 1. The average molecular weight is 278 g/mol. The molecular formula is C17H28NO2+. The Balaban J connectivity index is 1.87. The van der Waals surface area contributed by atoms with Crippen LogP contribution in [0.4, 0.5) is 0 Å². The predicted molar refractivity (Wildman–Crippen MR) is 81.7 cm³/mol. The lowest BCUT2D eigenvalue weighted by molar-refractivity contribution is -0.915. The second-order valence-corrected chi connectivity index (χ2v) is 6.22. The van der Waals surface area contributed by atoms with Crippen LogP contribution in [-0.2, 0) is 4.74 Å². The summed E-state index contributed by atoms with van der Waals surface area (Å²) in [6, 6.07) is 4.35. The molecule has 0 aliphatic carbocycles. The Labute approximate surface area is 122 Å². The van der Waals surface area contributed by atoms with Crippen LogP contribution in [0.1, 0.15) is 30.5 Å². The molecular weight excluding hydrogens is 250 g/mol. The summed E-state index contributed by atoms with van der Waals surface area (Å²) >= 11 is 0. The van der Waals surface area contributed by atoms with Crippen molar-refractivity contribution in [2.75, 3.05) is 26.2 Å². The van der Waals surface area contributed by atoms with Crippen LogP contribution in [-0.4, -0.2) is 38.4 Å². The summed E-state index contributed by atoms with van der Waals surface area (Å²) in [4.78, 5) is 1.58. The summed E-state index contributed by atoms with van der Waals surface area (Å²) in [6.07, 6.45) is 0.716. The average Bonchev–Trinajstić information content (AvgIpc) is 2.34. The molecule has 1 aliphatic heterocycles. The first-order valence-electron chi connectivity index (χ1n) is 7.65. The van der Waals surface area contributed by atoms with Gasteiger partial charge in [0.05, 0.1) is 0 Å². The normalized spacial score (nSPS) is 26.6. The lowest BCUT2D eigenvalue weighted by Crippen LogP contribution is -3.16. The van der Waals surface area contributed by atoms with E-state index in [1.54, 1.807) is 4.90 Å². The molecule has 3 heteroatoms. The summed E-state index contributed by atoms with van der Waals surface area (Å²) < 4.78 is 11.8. The first-order valence-corrected chi connectivity index (χ1v) is 7.65. The summed E-state index contributed by atoms with van der Waals surface area (Å²) in [5.74, 6) is 1.04. The number of ether oxygens (including phenoxy) is 2. The van der Waals surface area contributed by atoms with Gasteiger partial charge in [-0.3, -0.25) is 0 Å². The topological polar surface area (TPSA) is 22.9 Å². The second-order valence-electron chi connectivity index (χ2n) is 6.22. The highest BCUT2D eigenvalue weighted by atomic mass is 16.5. The Morgan fingerprint density at radius 1 is 1.15 bits per heavy atom. The van der Waals surface area contributed by atoms with Gasteiger partial charge in [0.25, 0.3) is 0 Å². The Kier molecular flexibility index (Phi) is 5.06. The zero-order valence-corrected chi connectivity index (χ0v) is 13.5. The quantitative estimate of drug-likeness (QED) is 0.905. The molecule has 3 nitrogen and oxygen atoms in total. The van der Waals surface area contributed by atoms with Gasteiger partial charge in [0, 0.05) is 0 Å². The van der Waals surface area contributed by atoms with Gasteiger partial charge in [0.15, 0.2) is 0 Å². The van der Waals surface area contributed by atoms with Crippen molar-refractivity contribution in [3.8, 4) is 5.75 Å². The Bertz CT molecular complexity index is 449. The standard InChI is InChI=1S/C17H27NO2/c1-12-8-13(2)16(5)17(9-12)19-7-6-18-10-14(3)20-15(4)11-18/h8-9,14-15H,6-7,10-11H2,1-5H3/p+1/t14-,15-/m1/s1. The lowest BCUT2D eigenvalue weighted by atomic mass is 10.1. The Morgan fingerprint density at radius 2 is 1.80 bits per heavy atom. The van der Waals surface area contributed by atoms with Gasteiger partial charge in [-0.25, -0.2) is 0 Å². The zero-order valence-electron chi connectivity index (χ0n) is 13.5. The molecule has 2 rings (SSSR count). The second kappa shape index (κ2) is 6.59. The van der Waals surface area contributed by atoms with E-state index in [1.807, 2.05) is 0 Å². The maximum atomic E-state index is 6.01. The third-order valence-electron chi connectivity index (χ3n) is 4.09. The minimum Gasteiger partial charge on any atom is -0.487 e. The van der Waals surface area contributed by atoms with Crippen molar-refractivity contribution in [2.24, 2.45) is 0 Å². The van der Waals surface area contributed by atoms with Gasteiger partial charge in [-0.15, -0.1) is 0 Å². The number of benzene rings is 1. The third-order valence-corrected chi connectivity index (χ3v) is 4.09. The smallest absolute Gasteiger partial charge is 0.137 e. The molecule has 0 unspecified atom stereocenters. The highest BCUT2D eigenvalue weighted by Crippen LogP contribution is 2.22. The summed E-state index contributed by atoms with van der Waals surface area (Å²) in [7, 11) is 0. The van der Waals surface area contributed by atoms with Gasteiger partial charge in [0.2, 0.25) is 0 Å². The highest BCUT2D eigenvalue weighted by Gasteiger charge is 2.25. The number of aryl methyl sites for hydroxylation is 2. The first kappa shape index (κ1) is 15.3. The maximum Gasteiger partial charge on any atom is 0.137 e. The highest BCUT2D eigenvalue weighted by molar-refractivity contribution is 5.41. The molecule has 1 saturated heterocycles. The molecule has 1 heterocycles. The summed E-state index contributed by atoms with van der Waals surface area (Å²) in [5, 5.41) is 0. The summed E-state index contributed by atoms with van der Waals surface area (Å²) in [6.45, 7) is 14.7. The first-order chi connectivity index (χ1) is 9.45. The summed E-state index contributed by atoms with van der Waals surface area (Å²) in [5.41, 5.74) is 3.83. The van der Waals surface area contributed by atoms with Crippen molar-refractivity contribution in [1.82, 2.24) is 0 Å². The van der Waals surface area contributed by atoms with Gasteiger partial charge in [0.1, 0.15) is 44.2 Å². The SMILES string of the molecule is Cc1cc(C)c(C)c(OCC[NH+]2C[C@@H](C)O[C@H](C)C2)c1. The third kappa shape index (κ3) is 3.97. The van der Waals surface area contributed by atoms with Crippen LogP contribution in [0.3, 0.4) is 0 Å². The van der Waals surface area contributed by atoms with E-state index < -0.39 is 0 Å².